The lowest BCUT2D eigenvalue weighted by molar-refractivity contribution is -0.125. The Balaban J connectivity index is 3.06. The van der Waals surface area contributed by atoms with Gasteiger partial charge in [0.15, 0.2) is 0 Å². The lowest BCUT2D eigenvalue weighted by Crippen LogP contribution is -2.46. The van der Waals surface area contributed by atoms with Crippen LogP contribution < -0.4 is 16.0 Å². The van der Waals surface area contributed by atoms with Crippen molar-refractivity contribution in [2.45, 2.75) is 26.0 Å². The predicted octanol–water partition coefficient (Wildman–Crippen LogP) is 0.595. The van der Waals surface area contributed by atoms with Crippen LogP contribution in [-0.2, 0) is 9.59 Å². The molecule has 4 amide bonds. The van der Waals surface area contributed by atoms with Crippen LogP contribution >= 0.6 is 11.8 Å². The van der Waals surface area contributed by atoms with E-state index in [0.29, 0.717) is 0 Å². The van der Waals surface area contributed by atoms with Gasteiger partial charge in [0.25, 0.3) is 0 Å². The summed E-state index contributed by atoms with van der Waals surface area (Å²) < 4.78 is 0. The fourth-order valence-electron chi connectivity index (χ4n) is 2.02. The van der Waals surface area contributed by atoms with E-state index in [1.54, 1.807) is 20.8 Å². The Labute approximate surface area is 138 Å². The average molecular weight is 335 g/mol. The van der Waals surface area contributed by atoms with Crippen LogP contribution in [0.3, 0.4) is 0 Å². The number of nitriles is 2. The molecule has 3 N–H and O–H groups in total. The van der Waals surface area contributed by atoms with Crippen molar-refractivity contribution in [1.29, 1.82) is 10.5 Å². The second-order valence-corrected chi connectivity index (χ2v) is 6.77. The molecule has 1 rings (SSSR count). The molecular formula is C14H17N5O3S. The summed E-state index contributed by atoms with van der Waals surface area (Å²) in [4.78, 5) is 35.1. The summed E-state index contributed by atoms with van der Waals surface area (Å²) in [5.41, 5.74) is -0.737. The number of carbonyl (C=O) groups is 3. The van der Waals surface area contributed by atoms with E-state index in [9.17, 15) is 19.6 Å². The van der Waals surface area contributed by atoms with Crippen molar-refractivity contribution in [3.63, 3.8) is 0 Å². The van der Waals surface area contributed by atoms with Crippen LogP contribution in [0.5, 0.6) is 0 Å². The largest absolute Gasteiger partial charge is 0.341 e. The molecule has 0 saturated carbocycles. The molecule has 0 aromatic carbocycles. The van der Waals surface area contributed by atoms with Crippen molar-refractivity contribution in [3.05, 3.63) is 10.6 Å². The monoisotopic (exact) mass is 335 g/mol. The number of nitrogens with zero attached hydrogens (tertiary/aromatic N) is 2. The molecule has 0 radical (unpaired) electrons. The van der Waals surface area contributed by atoms with Crippen molar-refractivity contribution in [3.8, 4) is 12.1 Å². The van der Waals surface area contributed by atoms with Crippen molar-refractivity contribution < 1.29 is 14.4 Å². The van der Waals surface area contributed by atoms with Gasteiger partial charge in [0.2, 0.25) is 11.8 Å². The summed E-state index contributed by atoms with van der Waals surface area (Å²) in [5.74, 6) is -2.07. The van der Waals surface area contributed by atoms with Crippen LogP contribution in [0.15, 0.2) is 10.6 Å². The lowest BCUT2D eigenvalue weighted by atomic mass is 9.72. The molecule has 9 heteroatoms. The zero-order chi connectivity index (χ0) is 17.8. The maximum absolute atomic E-state index is 12.0. The normalized spacial score (nSPS) is 20.6. The molecular weight excluding hydrogens is 318 g/mol. The van der Waals surface area contributed by atoms with E-state index in [4.69, 9.17) is 5.26 Å². The van der Waals surface area contributed by atoms with E-state index in [1.165, 1.54) is 7.05 Å². The van der Waals surface area contributed by atoms with E-state index in [0.717, 1.165) is 11.8 Å². The van der Waals surface area contributed by atoms with Gasteiger partial charge >= 0.3 is 6.03 Å². The van der Waals surface area contributed by atoms with E-state index in [-0.39, 0.29) is 10.6 Å². The van der Waals surface area contributed by atoms with Gasteiger partial charge in [0, 0.05) is 12.5 Å². The van der Waals surface area contributed by atoms with Crippen LogP contribution in [0, 0.1) is 34.0 Å². The number of allylic oxidation sites excluding steroid dienone is 1. The Hall–Kier alpha value is -2.52. The summed E-state index contributed by atoms with van der Waals surface area (Å²) in [6.07, 6.45) is 0. The lowest BCUT2D eigenvalue weighted by Gasteiger charge is -2.35. The highest BCUT2D eigenvalue weighted by Gasteiger charge is 2.45. The van der Waals surface area contributed by atoms with Crippen molar-refractivity contribution in [1.82, 2.24) is 16.0 Å². The number of carbonyl (C=O) groups excluding carboxylic acids is 3. The van der Waals surface area contributed by atoms with Crippen molar-refractivity contribution in [2.24, 2.45) is 11.3 Å². The Morgan fingerprint density at radius 1 is 1.39 bits per heavy atom. The van der Waals surface area contributed by atoms with Crippen molar-refractivity contribution >= 4 is 29.6 Å². The topological polar surface area (TPSA) is 135 Å². The molecule has 8 nitrogen and oxygen atoms in total. The molecule has 122 valence electrons. The van der Waals surface area contributed by atoms with E-state index >= 15 is 0 Å². The zero-order valence-electron chi connectivity index (χ0n) is 13.2. The van der Waals surface area contributed by atoms with Gasteiger partial charge in [-0.1, -0.05) is 25.6 Å². The molecule has 23 heavy (non-hydrogen) atoms. The molecule has 0 aromatic rings. The number of thioether (sulfide) groups is 1. The number of rotatable bonds is 3. The highest BCUT2D eigenvalue weighted by Crippen LogP contribution is 2.42. The Morgan fingerprint density at radius 3 is 2.48 bits per heavy atom. The van der Waals surface area contributed by atoms with Gasteiger partial charge in [-0.2, -0.15) is 10.5 Å². The molecule has 0 aromatic heterocycles. The van der Waals surface area contributed by atoms with Crippen LogP contribution in [0.4, 0.5) is 4.79 Å². The number of nitrogens with one attached hydrogen (secondary N) is 3. The highest BCUT2D eigenvalue weighted by atomic mass is 32.2. The summed E-state index contributed by atoms with van der Waals surface area (Å²) in [6, 6.07) is 3.26. The van der Waals surface area contributed by atoms with E-state index < -0.39 is 34.4 Å². The fourth-order valence-corrected chi connectivity index (χ4v) is 3.13. The second kappa shape index (κ2) is 7.16. The quantitative estimate of drug-likeness (QED) is 0.691. The first kappa shape index (κ1) is 18.5. The Morgan fingerprint density at radius 2 is 2.00 bits per heavy atom. The number of hydrogen-bond donors (Lipinski definition) is 3. The van der Waals surface area contributed by atoms with Gasteiger partial charge in [-0.25, -0.2) is 4.79 Å². The molecule has 0 fully saturated rings. The summed E-state index contributed by atoms with van der Waals surface area (Å²) in [5, 5.41) is 24.9. The number of hydrogen-bond acceptors (Lipinski definition) is 6. The molecule has 1 heterocycles. The summed E-state index contributed by atoms with van der Waals surface area (Å²) >= 11 is 0.956. The first-order chi connectivity index (χ1) is 10.7. The smallest absolute Gasteiger partial charge is 0.321 e. The first-order valence-electron chi connectivity index (χ1n) is 6.73. The fraction of sp³-hybridized carbons (Fsp3) is 0.500. The molecule has 1 aliphatic rings. The van der Waals surface area contributed by atoms with Gasteiger partial charge < -0.3 is 10.6 Å². The standard InChI is InChI=1S/C14H17N5O3S/c1-7(10(20)19-13(22)17-4)23-12-9(6-16)14(2,3)8(5-15)11(21)18-12/h7-8H,1-4H3,(H,18,21)(H2,17,19,20,22)/t7-,8-/m0/s1. The molecule has 2 atom stereocenters. The van der Waals surface area contributed by atoms with Crippen LogP contribution in [0.1, 0.15) is 20.8 Å². The van der Waals surface area contributed by atoms with Gasteiger partial charge in [-0.3, -0.25) is 14.9 Å². The number of amides is 4. The van der Waals surface area contributed by atoms with Crippen molar-refractivity contribution in [2.75, 3.05) is 7.05 Å². The SMILES string of the molecule is CNC(=O)NC(=O)[C@H](C)SC1=C(C#N)C(C)(C)[C@@H](C#N)C(=O)N1. The summed E-state index contributed by atoms with van der Waals surface area (Å²) in [6.45, 7) is 4.81. The Bertz CT molecular complexity index is 656. The number of imide groups is 1. The van der Waals surface area contributed by atoms with Gasteiger partial charge in [-0.15, -0.1) is 0 Å². The van der Waals surface area contributed by atoms with E-state index in [1.807, 2.05) is 12.1 Å². The average Bonchev–Trinajstić information content (AvgIpc) is 2.46. The van der Waals surface area contributed by atoms with E-state index in [2.05, 4.69) is 16.0 Å². The maximum atomic E-state index is 12.0. The van der Waals surface area contributed by atoms with Crippen LogP contribution in [-0.4, -0.2) is 30.1 Å². The third-order valence-electron chi connectivity index (χ3n) is 3.46. The molecule has 0 aliphatic carbocycles. The molecule has 0 spiro atoms. The molecule has 0 unspecified atom stereocenters. The second-order valence-electron chi connectivity index (χ2n) is 5.42. The molecule has 0 saturated heterocycles. The van der Waals surface area contributed by atoms with Crippen LogP contribution in [0.2, 0.25) is 0 Å². The highest BCUT2D eigenvalue weighted by molar-refractivity contribution is 8.04. The minimum absolute atomic E-state index is 0.230. The van der Waals surface area contributed by atoms with Gasteiger partial charge in [-0.05, 0) is 6.92 Å². The third kappa shape index (κ3) is 3.82. The Kier molecular flexibility index (Phi) is 5.77. The third-order valence-corrected chi connectivity index (χ3v) is 4.57. The minimum Gasteiger partial charge on any atom is -0.341 e. The maximum Gasteiger partial charge on any atom is 0.321 e. The minimum atomic E-state index is -0.989. The van der Waals surface area contributed by atoms with Gasteiger partial charge in [0.1, 0.15) is 5.92 Å². The predicted molar refractivity (Wildman–Crippen MR) is 83.3 cm³/mol. The number of urea groups is 1. The van der Waals surface area contributed by atoms with Gasteiger partial charge in [0.05, 0.1) is 28.0 Å². The van der Waals surface area contributed by atoms with Crippen LogP contribution in [0.25, 0.3) is 0 Å². The first-order valence-corrected chi connectivity index (χ1v) is 7.61. The molecule has 0 bridgehead atoms. The summed E-state index contributed by atoms with van der Waals surface area (Å²) in [7, 11) is 1.38. The zero-order valence-corrected chi connectivity index (χ0v) is 14.0. The molecule has 1 aliphatic heterocycles.